The molecule has 30 heavy (non-hydrogen) atoms. The highest BCUT2D eigenvalue weighted by Crippen LogP contribution is 2.41. The van der Waals surface area contributed by atoms with Gasteiger partial charge in [-0.05, 0) is 37.3 Å². The Morgan fingerprint density at radius 2 is 1.93 bits per heavy atom. The van der Waals surface area contributed by atoms with Crippen LogP contribution in [0.1, 0.15) is 45.4 Å². The van der Waals surface area contributed by atoms with Crippen molar-refractivity contribution in [2.24, 2.45) is 5.92 Å². The largest absolute Gasteiger partial charge is 0.497 e. The van der Waals surface area contributed by atoms with Gasteiger partial charge < -0.3 is 19.5 Å². The smallest absolute Gasteiger partial charge is 0.329 e. The monoisotopic (exact) mass is 436 g/mol. The first-order valence-corrected chi connectivity index (χ1v) is 11.7. The van der Waals surface area contributed by atoms with Crippen molar-refractivity contribution in [3.8, 4) is 11.5 Å². The zero-order valence-corrected chi connectivity index (χ0v) is 18.8. The van der Waals surface area contributed by atoms with E-state index < -0.39 is 6.04 Å². The van der Waals surface area contributed by atoms with Crippen molar-refractivity contribution in [3.05, 3.63) is 18.2 Å². The standard InChI is InChI=1S/C22H32N2O5S/c1-4-12-29-21(25)18-14-30-20(15-8-6-5-7-9-15)24(18)22(26)23-17-11-10-16(27-2)13-19(17)28-3/h10-11,13,15,18,20H,4-9,12,14H2,1-3H3,(H,23,26). The third-order valence-electron chi connectivity index (χ3n) is 5.69. The van der Waals surface area contributed by atoms with Crippen molar-refractivity contribution >= 4 is 29.4 Å². The lowest BCUT2D eigenvalue weighted by Gasteiger charge is -2.35. The van der Waals surface area contributed by atoms with Gasteiger partial charge in [0.2, 0.25) is 0 Å². The predicted octanol–water partition coefficient (Wildman–Crippen LogP) is 4.51. The van der Waals surface area contributed by atoms with Gasteiger partial charge in [0.05, 0.1) is 31.9 Å². The number of rotatable bonds is 7. The van der Waals surface area contributed by atoms with E-state index in [1.54, 1.807) is 49.1 Å². The number of esters is 1. The second kappa shape index (κ2) is 10.8. The van der Waals surface area contributed by atoms with E-state index in [4.69, 9.17) is 14.2 Å². The van der Waals surface area contributed by atoms with E-state index >= 15 is 0 Å². The molecule has 1 aliphatic heterocycles. The number of nitrogens with one attached hydrogen (secondary N) is 1. The van der Waals surface area contributed by atoms with E-state index in [2.05, 4.69) is 5.32 Å². The minimum atomic E-state index is -0.572. The fourth-order valence-electron chi connectivity index (χ4n) is 4.13. The maximum Gasteiger partial charge on any atom is 0.329 e. The first-order chi connectivity index (χ1) is 14.6. The van der Waals surface area contributed by atoms with Crippen LogP contribution in [0.15, 0.2) is 18.2 Å². The molecule has 1 heterocycles. The molecule has 1 aromatic rings. The Bertz CT molecular complexity index is 738. The Balaban J connectivity index is 1.82. The summed E-state index contributed by atoms with van der Waals surface area (Å²) in [4.78, 5) is 27.8. The fraction of sp³-hybridized carbons (Fsp3) is 0.636. The first kappa shape index (κ1) is 22.6. The van der Waals surface area contributed by atoms with Gasteiger partial charge in [0.1, 0.15) is 17.5 Å². The van der Waals surface area contributed by atoms with Crippen molar-refractivity contribution in [2.75, 3.05) is 31.9 Å². The zero-order valence-electron chi connectivity index (χ0n) is 18.0. The van der Waals surface area contributed by atoms with Gasteiger partial charge in [0.15, 0.2) is 0 Å². The van der Waals surface area contributed by atoms with Gasteiger partial charge in [-0.15, -0.1) is 11.8 Å². The van der Waals surface area contributed by atoms with Crippen molar-refractivity contribution in [3.63, 3.8) is 0 Å². The number of anilines is 1. The lowest BCUT2D eigenvalue weighted by Crippen LogP contribution is -2.50. The van der Waals surface area contributed by atoms with Crippen LogP contribution in [0.2, 0.25) is 0 Å². The molecule has 1 saturated carbocycles. The van der Waals surface area contributed by atoms with Crippen LogP contribution in [0.3, 0.4) is 0 Å². The lowest BCUT2D eigenvalue weighted by atomic mass is 9.88. The number of benzene rings is 1. The van der Waals surface area contributed by atoms with Gasteiger partial charge in [0.25, 0.3) is 0 Å². The molecule has 8 heteroatoms. The van der Waals surface area contributed by atoms with Crippen molar-refractivity contribution in [1.29, 1.82) is 0 Å². The maximum atomic E-state index is 13.4. The van der Waals surface area contributed by atoms with Crippen LogP contribution in [0, 0.1) is 5.92 Å². The summed E-state index contributed by atoms with van der Waals surface area (Å²) in [5.74, 6) is 1.80. The molecule has 2 fully saturated rings. The number of hydrogen-bond donors (Lipinski definition) is 1. The third kappa shape index (κ3) is 5.14. The molecule has 166 valence electrons. The average molecular weight is 437 g/mol. The van der Waals surface area contributed by atoms with Gasteiger partial charge >= 0.3 is 12.0 Å². The normalized spacial score (nSPS) is 21.9. The molecule has 0 radical (unpaired) electrons. The van der Waals surface area contributed by atoms with Gasteiger partial charge in [0, 0.05) is 11.8 Å². The Morgan fingerprint density at radius 1 is 1.17 bits per heavy atom. The fourth-order valence-corrected chi connectivity index (χ4v) is 5.75. The summed E-state index contributed by atoms with van der Waals surface area (Å²) >= 11 is 1.69. The summed E-state index contributed by atoms with van der Waals surface area (Å²) in [6.07, 6.45) is 6.52. The van der Waals surface area contributed by atoms with Crippen LogP contribution in [0.4, 0.5) is 10.5 Å². The van der Waals surface area contributed by atoms with E-state index in [9.17, 15) is 9.59 Å². The van der Waals surface area contributed by atoms with E-state index in [1.807, 2.05) is 6.92 Å². The number of carbonyl (C=O) groups is 2. The minimum Gasteiger partial charge on any atom is -0.497 e. The average Bonchev–Trinajstić information content (AvgIpc) is 3.23. The molecular weight excluding hydrogens is 404 g/mol. The molecule has 7 nitrogen and oxygen atoms in total. The SMILES string of the molecule is CCCOC(=O)C1CSC(C2CCCCC2)N1C(=O)Nc1ccc(OC)cc1OC. The molecule has 2 aliphatic rings. The molecule has 2 unspecified atom stereocenters. The quantitative estimate of drug-likeness (QED) is 0.634. The molecule has 1 aliphatic carbocycles. The van der Waals surface area contributed by atoms with Gasteiger partial charge in [-0.25, -0.2) is 9.59 Å². The number of urea groups is 1. The van der Waals surface area contributed by atoms with E-state index in [-0.39, 0.29) is 17.4 Å². The second-order valence-corrected chi connectivity index (χ2v) is 8.86. The highest BCUT2D eigenvalue weighted by atomic mass is 32.2. The first-order valence-electron chi connectivity index (χ1n) is 10.7. The van der Waals surface area contributed by atoms with Crippen molar-refractivity contribution in [2.45, 2.75) is 56.9 Å². The van der Waals surface area contributed by atoms with Gasteiger partial charge in [-0.1, -0.05) is 26.2 Å². The molecular formula is C22H32N2O5S. The molecule has 0 bridgehead atoms. The minimum absolute atomic E-state index is 0.0197. The number of carbonyl (C=O) groups excluding carboxylic acids is 2. The summed E-state index contributed by atoms with van der Waals surface area (Å²) in [7, 11) is 3.13. The van der Waals surface area contributed by atoms with Crippen molar-refractivity contribution in [1.82, 2.24) is 4.90 Å². The number of hydrogen-bond acceptors (Lipinski definition) is 6. The summed E-state index contributed by atoms with van der Waals surface area (Å²) in [5, 5.41) is 2.93. The topological polar surface area (TPSA) is 77.1 Å². The molecule has 1 aromatic carbocycles. The van der Waals surface area contributed by atoms with E-state index in [0.717, 1.165) is 19.3 Å². The molecule has 1 N–H and O–H groups in total. The zero-order chi connectivity index (χ0) is 21.5. The number of ether oxygens (including phenoxy) is 3. The van der Waals surface area contributed by atoms with Crippen LogP contribution in [0.5, 0.6) is 11.5 Å². The molecule has 1 saturated heterocycles. The number of nitrogens with zero attached hydrogens (tertiary/aromatic N) is 1. The molecule has 3 rings (SSSR count). The molecule has 2 amide bonds. The van der Waals surface area contributed by atoms with Gasteiger partial charge in [-0.2, -0.15) is 0 Å². The van der Waals surface area contributed by atoms with Crippen LogP contribution in [-0.2, 0) is 9.53 Å². The molecule has 2 atom stereocenters. The Morgan fingerprint density at radius 3 is 2.60 bits per heavy atom. The number of thioether (sulfide) groups is 1. The van der Waals surface area contributed by atoms with E-state index in [1.165, 1.54) is 19.3 Å². The number of amides is 2. The summed E-state index contributed by atoms with van der Waals surface area (Å²) < 4.78 is 16.0. The highest BCUT2D eigenvalue weighted by Gasteiger charge is 2.45. The summed E-state index contributed by atoms with van der Waals surface area (Å²) in [5.41, 5.74) is 0.545. The molecule has 0 aromatic heterocycles. The highest BCUT2D eigenvalue weighted by molar-refractivity contribution is 8.00. The molecule has 0 spiro atoms. The predicted molar refractivity (Wildman–Crippen MR) is 118 cm³/mol. The van der Waals surface area contributed by atoms with Gasteiger partial charge in [-0.3, -0.25) is 4.90 Å². The van der Waals surface area contributed by atoms with E-state index in [0.29, 0.717) is 35.5 Å². The Labute approximate surface area is 182 Å². The maximum absolute atomic E-state index is 13.4. The summed E-state index contributed by atoms with van der Waals surface area (Å²) in [6.45, 7) is 2.33. The Kier molecular flexibility index (Phi) is 8.13. The third-order valence-corrected chi connectivity index (χ3v) is 7.15. The van der Waals surface area contributed by atoms with Crippen LogP contribution in [0.25, 0.3) is 0 Å². The number of methoxy groups -OCH3 is 2. The Hall–Kier alpha value is -2.09. The van der Waals surface area contributed by atoms with Crippen molar-refractivity contribution < 1.29 is 23.8 Å². The summed E-state index contributed by atoms with van der Waals surface area (Å²) in [6, 6.07) is 4.37. The van der Waals surface area contributed by atoms with Crippen LogP contribution >= 0.6 is 11.8 Å². The van der Waals surface area contributed by atoms with Crippen LogP contribution in [-0.4, -0.2) is 54.9 Å². The lowest BCUT2D eigenvalue weighted by molar-refractivity contribution is -0.148. The van der Waals surface area contributed by atoms with Crippen LogP contribution < -0.4 is 14.8 Å². The second-order valence-electron chi connectivity index (χ2n) is 7.71.